The number of carbonyl (C=O) groups is 2. The topological polar surface area (TPSA) is 104 Å². The molecule has 0 aliphatic rings. The molecule has 0 fully saturated rings. The Morgan fingerprint density at radius 1 is 1.00 bits per heavy atom. The molecule has 0 saturated heterocycles. The number of benzene rings is 1. The van der Waals surface area contributed by atoms with E-state index in [2.05, 4.69) is 32.2 Å². The van der Waals surface area contributed by atoms with Crippen LogP contribution in [0.15, 0.2) is 48.6 Å². The number of hydrogen-bond acceptors (Lipinski definition) is 4. The van der Waals surface area contributed by atoms with Crippen molar-refractivity contribution in [2.24, 2.45) is 0 Å². The molecule has 3 N–H and O–H groups in total. The average molecular weight is 352 g/mol. The molecule has 0 amide bonds. The summed E-state index contributed by atoms with van der Waals surface area (Å²) in [5.41, 5.74) is 1.68. The van der Waals surface area contributed by atoms with Crippen molar-refractivity contribution < 1.29 is 29.6 Å². The van der Waals surface area contributed by atoms with Crippen LogP contribution in [0.3, 0.4) is 0 Å². The molecule has 6 nitrogen and oxygen atoms in total. The molecule has 25 heavy (non-hydrogen) atoms. The standard InChI is InChI=1S/C11H16O2.2C4H6O2/c1-2-3-10-4-6-11(7-5-10)13-9-8-12;2*1-3(2)4(5)6/h4-7,12H,2-3,8-9H2,1H3;2*1H2,2H3,(H,5,6). The zero-order valence-electron chi connectivity index (χ0n) is 15.1. The fourth-order valence-corrected chi connectivity index (χ4v) is 1.20. The summed E-state index contributed by atoms with van der Waals surface area (Å²) in [4.78, 5) is 19.2. The van der Waals surface area contributed by atoms with Gasteiger partial charge in [0.1, 0.15) is 12.4 Å². The number of carboxylic acids is 2. The molecular weight excluding hydrogens is 324 g/mol. The van der Waals surface area contributed by atoms with Crippen LogP contribution in [0.4, 0.5) is 0 Å². The minimum atomic E-state index is -0.935. The smallest absolute Gasteiger partial charge is 0.330 e. The molecule has 1 aromatic carbocycles. The lowest BCUT2D eigenvalue weighted by Gasteiger charge is -2.04. The Morgan fingerprint density at radius 3 is 1.68 bits per heavy atom. The van der Waals surface area contributed by atoms with Crippen molar-refractivity contribution in [3.63, 3.8) is 0 Å². The Kier molecular flexibility index (Phi) is 14.7. The second-order valence-electron chi connectivity index (χ2n) is 5.14. The third-order valence-electron chi connectivity index (χ3n) is 2.55. The van der Waals surface area contributed by atoms with E-state index in [1.54, 1.807) is 0 Å². The van der Waals surface area contributed by atoms with Crippen molar-refractivity contribution in [2.45, 2.75) is 33.6 Å². The van der Waals surface area contributed by atoms with E-state index in [-0.39, 0.29) is 17.8 Å². The number of aryl methyl sites for hydroxylation is 1. The van der Waals surface area contributed by atoms with Gasteiger partial charge in [-0.2, -0.15) is 0 Å². The molecule has 0 radical (unpaired) electrons. The van der Waals surface area contributed by atoms with Gasteiger partial charge in [-0.3, -0.25) is 0 Å². The predicted octanol–water partition coefficient (Wildman–Crippen LogP) is 3.30. The highest BCUT2D eigenvalue weighted by Gasteiger charge is 1.94. The summed E-state index contributed by atoms with van der Waals surface area (Å²) in [7, 11) is 0. The molecule has 140 valence electrons. The van der Waals surface area contributed by atoms with Crippen LogP contribution < -0.4 is 4.74 Å². The molecule has 0 spiro atoms. The van der Waals surface area contributed by atoms with Gasteiger partial charge in [0.05, 0.1) is 6.61 Å². The number of carboxylic acid groups (broad SMARTS) is 2. The predicted molar refractivity (Wildman–Crippen MR) is 97.9 cm³/mol. The fourth-order valence-electron chi connectivity index (χ4n) is 1.20. The van der Waals surface area contributed by atoms with E-state index in [4.69, 9.17) is 20.1 Å². The van der Waals surface area contributed by atoms with Gasteiger partial charge in [-0.15, -0.1) is 0 Å². The molecule has 0 aliphatic carbocycles. The van der Waals surface area contributed by atoms with Gasteiger partial charge in [-0.25, -0.2) is 9.59 Å². The highest BCUT2D eigenvalue weighted by Crippen LogP contribution is 2.12. The first-order valence-corrected chi connectivity index (χ1v) is 7.75. The molecule has 1 aromatic rings. The lowest BCUT2D eigenvalue weighted by atomic mass is 10.1. The number of aliphatic hydroxyl groups excluding tert-OH is 1. The van der Waals surface area contributed by atoms with Crippen molar-refractivity contribution in [3.8, 4) is 5.75 Å². The zero-order chi connectivity index (χ0) is 19.8. The Bertz CT molecular complexity index is 498. The first kappa shape index (κ1) is 24.6. The molecular formula is C19H28O6. The van der Waals surface area contributed by atoms with E-state index in [1.807, 2.05) is 12.1 Å². The highest BCUT2D eigenvalue weighted by atomic mass is 16.5. The molecule has 0 saturated carbocycles. The molecule has 1 rings (SSSR count). The van der Waals surface area contributed by atoms with Crippen molar-refractivity contribution in [1.82, 2.24) is 0 Å². The zero-order valence-corrected chi connectivity index (χ0v) is 15.1. The molecule has 6 heteroatoms. The summed E-state index contributed by atoms with van der Waals surface area (Å²) >= 11 is 0. The normalized spacial score (nSPS) is 8.80. The first-order valence-electron chi connectivity index (χ1n) is 7.75. The minimum absolute atomic E-state index is 0.0662. The van der Waals surface area contributed by atoms with E-state index < -0.39 is 11.9 Å². The van der Waals surface area contributed by atoms with Gasteiger partial charge in [-0.05, 0) is 38.0 Å². The van der Waals surface area contributed by atoms with Gasteiger partial charge < -0.3 is 20.1 Å². The summed E-state index contributed by atoms with van der Waals surface area (Å²) < 4.78 is 5.24. The third-order valence-corrected chi connectivity index (χ3v) is 2.55. The largest absolute Gasteiger partial charge is 0.491 e. The fraction of sp³-hybridized carbons (Fsp3) is 0.368. The highest BCUT2D eigenvalue weighted by molar-refractivity contribution is 5.85. The summed E-state index contributed by atoms with van der Waals surface area (Å²) in [6.07, 6.45) is 2.27. The van der Waals surface area contributed by atoms with Gasteiger partial charge in [0.25, 0.3) is 0 Å². The van der Waals surface area contributed by atoms with Crippen molar-refractivity contribution >= 4 is 11.9 Å². The average Bonchev–Trinajstić information content (AvgIpc) is 2.55. The molecule has 0 aliphatic heterocycles. The lowest BCUT2D eigenvalue weighted by molar-refractivity contribution is -0.133. The molecule has 0 aromatic heterocycles. The lowest BCUT2D eigenvalue weighted by Crippen LogP contribution is -2.01. The van der Waals surface area contributed by atoms with Crippen LogP contribution in [0.1, 0.15) is 32.8 Å². The third kappa shape index (κ3) is 16.1. The number of hydrogen-bond donors (Lipinski definition) is 3. The second-order valence-corrected chi connectivity index (χ2v) is 5.14. The quantitative estimate of drug-likeness (QED) is 0.650. The van der Waals surface area contributed by atoms with Crippen LogP contribution in [0.2, 0.25) is 0 Å². The maximum atomic E-state index is 9.60. The Balaban J connectivity index is 0. The monoisotopic (exact) mass is 352 g/mol. The molecule has 0 bridgehead atoms. The van der Waals surface area contributed by atoms with E-state index in [1.165, 1.54) is 19.4 Å². The van der Waals surface area contributed by atoms with Crippen LogP contribution in [0.5, 0.6) is 5.75 Å². The number of ether oxygens (including phenoxy) is 1. The van der Waals surface area contributed by atoms with Crippen molar-refractivity contribution in [1.29, 1.82) is 0 Å². The van der Waals surface area contributed by atoms with Crippen LogP contribution in [-0.2, 0) is 16.0 Å². The Hall–Kier alpha value is -2.60. The van der Waals surface area contributed by atoms with Gasteiger partial charge in [0.2, 0.25) is 0 Å². The van der Waals surface area contributed by atoms with Gasteiger partial charge in [0, 0.05) is 11.1 Å². The number of rotatable bonds is 7. The summed E-state index contributed by atoms with van der Waals surface area (Å²) in [5, 5.41) is 24.3. The number of aliphatic carboxylic acids is 2. The van der Waals surface area contributed by atoms with E-state index in [0.717, 1.165) is 18.6 Å². The van der Waals surface area contributed by atoms with E-state index >= 15 is 0 Å². The summed E-state index contributed by atoms with van der Waals surface area (Å²) in [5.74, 6) is -1.04. The Labute approximate surface area is 149 Å². The molecule has 0 heterocycles. The van der Waals surface area contributed by atoms with Crippen molar-refractivity contribution in [3.05, 3.63) is 54.1 Å². The first-order chi connectivity index (χ1) is 11.6. The molecule has 0 atom stereocenters. The van der Waals surface area contributed by atoms with E-state index in [0.29, 0.717) is 6.61 Å². The van der Waals surface area contributed by atoms with Gasteiger partial charge >= 0.3 is 11.9 Å². The second kappa shape index (κ2) is 15.0. The van der Waals surface area contributed by atoms with Crippen molar-refractivity contribution in [2.75, 3.05) is 13.2 Å². The minimum Gasteiger partial charge on any atom is -0.491 e. The maximum absolute atomic E-state index is 9.60. The summed E-state index contributed by atoms with van der Waals surface area (Å²) in [6.45, 7) is 11.8. The van der Waals surface area contributed by atoms with Gasteiger partial charge in [-0.1, -0.05) is 38.6 Å². The maximum Gasteiger partial charge on any atom is 0.330 e. The number of aliphatic hydroxyl groups is 1. The molecule has 0 unspecified atom stereocenters. The van der Waals surface area contributed by atoms with Crippen LogP contribution in [-0.4, -0.2) is 40.5 Å². The summed E-state index contributed by atoms with van der Waals surface area (Å²) in [6, 6.07) is 8.02. The van der Waals surface area contributed by atoms with Crippen LogP contribution >= 0.6 is 0 Å². The van der Waals surface area contributed by atoms with Gasteiger partial charge in [0.15, 0.2) is 0 Å². The van der Waals surface area contributed by atoms with Crippen LogP contribution in [0.25, 0.3) is 0 Å². The Morgan fingerprint density at radius 2 is 1.40 bits per heavy atom. The van der Waals surface area contributed by atoms with Crippen LogP contribution in [0, 0.1) is 0 Å². The SMILES string of the molecule is C=C(C)C(=O)O.C=C(C)C(=O)O.CCCc1ccc(OCCO)cc1. The van der Waals surface area contributed by atoms with E-state index in [9.17, 15) is 9.59 Å².